The van der Waals surface area contributed by atoms with E-state index < -0.39 is 26.7 Å². The summed E-state index contributed by atoms with van der Waals surface area (Å²) >= 11 is 5.16. The van der Waals surface area contributed by atoms with Crippen molar-refractivity contribution in [2.24, 2.45) is 0 Å². The minimum absolute atomic E-state index is 0.320. The molecule has 0 saturated heterocycles. The molecule has 0 unspecified atom stereocenters. The Morgan fingerprint density at radius 2 is 2.12 bits per heavy atom. The average Bonchev–Trinajstić information content (AvgIpc) is 2.33. The molecule has 1 aliphatic carbocycles. The van der Waals surface area contributed by atoms with E-state index in [9.17, 15) is 4.39 Å². The van der Waals surface area contributed by atoms with Crippen molar-refractivity contribution in [2.75, 3.05) is 0 Å². The van der Waals surface area contributed by atoms with E-state index in [1.54, 1.807) is 12.1 Å². The van der Waals surface area contributed by atoms with Crippen LogP contribution in [0.5, 0.6) is 0 Å². The first kappa shape index (κ1) is 13.3. The third kappa shape index (κ3) is 3.64. The van der Waals surface area contributed by atoms with Gasteiger partial charge in [-0.05, 0) is 58.8 Å². The Balaban J connectivity index is 1.98. The number of hydrogen-bond acceptors (Lipinski definition) is 3. The fourth-order valence-electron chi connectivity index (χ4n) is 2.15. The first-order valence-corrected chi connectivity index (χ1v) is 8.28. The molecule has 0 radical (unpaired) electrons. The molecule has 1 aromatic rings. The second-order valence-electron chi connectivity index (χ2n) is 4.46. The number of halogens is 3. The molecule has 94 valence electrons. The van der Waals surface area contributed by atoms with Gasteiger partial charge in [0.25, 0.3) is 0 Å². The van der Waals surface area contributed by atoms with E-state index in [-0.39, 0.29) is 0 Å². The predicted molar refractivity (Wildman–Crippen MR) is 73.6 cm³/mol. The van der Waals surface area contributed by atoms with Gasteiger partial charge in [-0.3, -0.25) is 3.56 Å². The summed E-state index contributed by atoms with van der Waals surface area (Å²) in [5.41, 5.74) is -0.492. The number of rotatable bonds is 3. The van der Waals surface area contributed by atoms with Crippen LogP contribution in [0.4, 0.5) is 4.39 Å². The Morgan fingerprint density at radius 1 is 1.41 bits per heavy atom. The maximum atomic E-state index is 14.5. The van der Waals surface area contributed by atoms with Crippen LogP contribution in [-0.2, 0) is 6.42 Å². The maximum absolute atomic E-state index is 14.5. The van der Waals surface area contributed by atoms with Crippen LogP contribution < -0.4 is 0 Å². The summed E-state index contributed by atoms with van der Waals surface area (Å²) in [5, 5.41) is 7.97. The Kier molecular flexibility index (Phi) is 4.41. The molecule has 3 nitrogen and oxygen atoms in total. The van der Waals surface area contributed by atoms with E-state index >= 15 is 0 Å². The smallest absolute Gasteiger partial charge is 0.151 e. The van der Waals surface area contributed by atoms with Gasteiger partial charge in [0, 0.05) is 10.3 Å². The molecule has 6 heteroatoms. The van der Waals surface area contributed by atoms with Crippen LogP contribution in [0.1, 0.15) is 31.4 Å². The number of nitrogens with one attached hydrogen (secondary N) is 1. The Morgan fingerprint density at radius 3 is 2.65 bits per heavy atom. The van der Waals surface area contributed by atoms with Crippen LogP contribution in [0.15, 0.2) is 12.1 Å². The molecule has 0 atom stereocenters. The van der Waals surface area contributed by atoms with E-state index in [1.165, 1.54) is 0 Å². The highest BCUT2D eigenvalue weighted by atomic mass is 127. The molecule has 1 aromatic heterocycles. The van der Waals surface area contributed by atoms with Gasteiger partial charge < -0.3 is 0 Å². The predicted octanol–water partition coefficient (Wildman–Crippen LogP) is 4.06. The van der Waals surface area contributed by atoms with Crippen molar-refractivity contribution in [3.63, 3.8) is 0 Å². The van der Waals surface area contributed by atoms with Crippen LogP contribution in [0.25, 0.3) is 0 Å². The molecular formula is C11H14ClFIN3. The Hall–Kier alpha value is -0.170. The zero-order valence-corrected chi connectivity index (χ0v) is 12.2. The van der Waals surface area contributed by atoms with Gasteiger partial charge in [0.15, 0.2) is 5.15 Å². The molecule has 1 fully saturated rings. The van der Waals surface area contributed by atoms with Crippen molar-refractivity contribution in [1.29, 1.82) is 3.56 Å². The molecule has 0 amide bonds. The lowest BCUT2D eigenvalue weighted by Crippen LogP contribution is -2.32. The zero-order chi connectivity index (χ0) is 12.3. The zero-order valence-electron chi connectivity index (χ0n) is 9.30. The quantitative estimate of drug-likeness (QED) is 0.645. The van der Waals surface area contributed by atoms with Crippen LogP contribution in [0, 0.1) is 3.56 Å². The molecule has 1 saturated carbocycles. The third-order valence-electron chi connectivity index (χ3n) is 3.15. The van der Waals surface area contributed by atoms with Gasteiger partial charge in [-0.25, -0.2) is 4.39 Å². The first-order chi connectivity index (χ1) is 8.11. The first-order valence-electron chi connectivity index (χ1n) is 5.57. The highest BCUT2D eigenvalue weighted by Crippen LogP contribution is 2.38. The van der Waals surface area contributed by atoms with E-state index in [0.29, 0.717) is 34.0 Å². The molecule has 17 heavy (non-hydrogen) atoms. The summed E-state index contributed by atoms with van der Waals surface area (Å²) in [6, 6.07) is 3.38. The van der Waals surface area contributed by atoms with E-state index in [0.717, 1.165) is 12.8 Å². The maximum Gasteiger partial charge on any atom is 0.151 e. The Bertz CT molecular complexity index is 390. The molecule has 1 heterocycles. The van der Waals surface area contributed by atoms with Gasteiger partial charge in [-0.2, -0.15) is 5.10 Å². The highest BCUT2D eigenvalue weighted by molar-refractivity contribution is 14.1. The normalized spacial score (nSPS) is 29.2. The second-order valence-corrected chi connectivity index (χ2v) is 7.23. The lowest BCUT2D eigenvalue weighted by molar-refractivity contribution is 0.110. The minimum Gasteiger partial charge on any atom is -0.278 e. The van der Waals surface area contributed by atoms with Crippen molar-refractivity contribution in [1.82, 2.24) is 10.2 Å². The summed E-state index contributed by atoms with van der Waals surface area (Å²) < 4.78 is 22.4. The summed E-state index contributed by atoms with van der Waals surface area (Å²) in [5.74, 6) is 0. The number of alkyl halides is 2. The number of hydrogen-bond donors (Lipinski definition) is 1. The van der Waals surface area contributed by atoms with E-state index in [1.807, 2.05) is 0 Å². The van der Waals surface area contributed by atoms with E-state index in [4.69, 9.17) is 15.2 Å². The fraction of sp³-hybridized carbons (Fsp3) is 0.636. The monoisotopic (exact) mass is 369 g/mol. The van der Waals surface area contributed by atoms with Crippen molar-refractivity contribution in [3.8, 4) is 0 Å². The molecule has 1 N–H and O–H groups in total. The Labute approximate surface area is 115 Å². The van der Waals surface area contributed by atoms with Crippen LogP contribution in [0.3, 0.4) is 0 Å². The SMILES string of the molecule is N=IC1CCC(F)(Cc2ccc(Cl)nn2)CC1. The van der Waals surface area contributed by atoms with Gasteiger partial charge in [-0.15, -0.1) is 5.10 Å². The van der Waals surface area contributed by atoms with E-state index in [2.05, 4.69) is 10.2 Å². The third-order valence-corrected chi connectivity index (χ3v) is 5.48. The van der Waals surface area contributed by atoms with Gasteiger partial charge in [0.2, 0.25) is 0 Å². The van der Waals surface area contributed by atoms with Crippen LogP contribution in [-0.4, -0.2) is 19.8 Å². The summed E-state index contributed by atoms with van der Waals surface area (Å²) in [6.07, 6.45) is 3.14. The lowest BCUT2D eigenvalue weighted by Gasteiger charge is -2.31. The molecule has 0 aromatic carbocycles. The average molecular weight is 370 g/mol. The fourth-order valence-corrected chi connectivity index (χ4v) is 3.49. The van der Waals surface area contributed by atoms with Gasteiger partial charge in [-0.1, -0.05) is 11.6 Å². The topological polar surface area (TPSA) is 49.6 Å². The van der Waals surface area contributed by atoms with Gasteiger partial charge >= 0.3 is 0 Å². The lowest BCUT2D eigenvalue weighted by atomic mass is 9.83. The number of nitrogens with zero attached hydrogens (tertiary/aromatic N) is 2. The molecule has 0 aliphatic heterocycles. The van der Waals surface area contributed by atoms with Crippen molar-refractivity contribution in [3.05, 3.63) is 23.0 Å². The second kappa shape index (κ2) is 5.65. The highest BCUT2D eigenvalue weighted by Gasteiger charge is 2.35. The van der Waals surface area contributed by atoms with Crippen molar-refractivity contribution >= 4 is 32.6 Å². The molecule has 0 spiro atoms. The standard InChI is InChI=1S/C11H14ClFIN3/c12-10-2-1-9(16-17-10)7-11(13)5-3-8(14-15)4-6-11/h1-2,8,15H,3-7H2. The largest absolute Gasteiger partial charge is 0.278 e. The van der Waals surface area contributed by atoms with Crippen molar-refractivity contribution in [2.45, 2.75) is 41.7 Å². The summed E-state index contributed by atoms with van der Waals surface area (Å²) in [6.45, 7) is 0. The van der Waals surface area contributed by atoms with Gasteiger partial charge in [0.1, 0.15) is 5.67 Å². The molecule has 2 rings (SSSR count). The molecule has 0 bridgehead atoms. The summed E-state index contributed by atoms with van der Waals surface area (Å²) in [7, 11) is 0. The van der Waals surface area contributed by atoms with Crippen LogP contribution >= 0.6 is 32.6 Å². The van der Waals surface area contributed by atoms with Crippen LogP contribution in [0.2, 0.25) is 5.15 Å². The molecular weight excluding hydrogens is 355 g/mol. The summed E-state index contributed by atoms with van der Waals surface area (Å²) in [4.78, 5) is 0. The minimum atomic E-state index is -1.15. The van der Waals surface area contributed by atoms with Gasteiger partial charge in [0.05, 0.1) is 5.69 Å². The molecule has 1 aliphatic rings. The van der Waals surface area contributed by atoms with Crippen molar-refractivity contribution < 1.29 is 4.39 Å². The number of aromatic nitrogens is 2.